The van der Waals surface area contributed by atoms with Crippen LogP contribution in [0.3, 0.4) is 0 Å². The number of carbonyl (C=O) groups excluding carboxylic acids is 1. The van der Waals surface area contributed by atoms with Crippen LogP contribution >= 0.6 is 0 Å². The van der Waals surface area contributed by atoms with E-state index in [0.717, 1.165) is 37.6 Å². The van der Waals surface area contributed by atoms with Crippen LogP contribution in [0.1, 0.15) is 15.9 Å². The second-order valence-electron chi connectivity index (χ2n) is 5.80. The van der Waals surface area contributed by atoms with Crippen LogP contribution in [-0.4, -0.2) is 39.3 Å². The highest BCUT2D eigenvalue weighted by Crippen LogP contribution is 2.18. The van der Waals surface area contributed by atoms with Crippen LogP contribution < -0.4 is 15.0 Å². The number of hydrogen-bond acceptors (Lipinski definition) is 4. The molecule has 2 aromatic rings. The summed E-state index contributed by atoms with van der Waals surface area (Å²) in [6.07, 6.45) is 0. The second-order valence-corrected chi connectivity index (χ2v) is 5.80. The fourth-order valence-electron chi connectivity index (χ4n) is 2.74. The molecule has 0 radical (unpaired) electrons. The van der Waals surface area contributed by atoms with Crippen LogP contribution in [0.15, 0.2) is 42.5 Å². The van der Waals surface area contributed by atoms with Crippen molar-refractivity contribution in [2.24, 2.45) is 0 Å². The van der Waals surface area contributed by atoms with E-state index in [1.165, 1.54) is 19.2 Å². The number of anilines is 1. The summed E-state index contributed by atoms with van der Waals surface area (Å²) in [5.41, 5.74) is 2.40. The molecule has 0 spiro atoms. The van der Waals surface area contributed by atoms with Gasteiger partial charge in [-0.05, 0) is 35.9 Å². The summed E-state index contributed by atoms with van der Waals surface area (Å²) < 4.78 is 23.9. The number of nitrogens with zero attached hydrogens (tertiary/aromatic N) is 1. The molecule has 0 aromatic heterocycles. The number of morpholine rings is 1. The van der Waals surface area contributed by atoms with Crippen molar-refractivity contribution in [3.63, 3.8) is 0 Å². The molecule has 1 aliphatic rings. The Bertz CT molecular complexity index is 728. The van der Waals surface area contributed by atoms with Crippen LogP contribution in [0.2, 0.25) is 0 Å². The quantitative estimate of drug-likeness (QED) is 0.906. The van der Waals surface area contributed by atoms with E-state index in [1.807, 2.05) is 24.3 Å². The maximum Gasteiger partial charge on any atom is 0.251 e. The van der Waals surface area contributed by atoms with Gasteiger partial charge in [0.15, 0.2) is 11.6 Å². The number of ether oxygens (including phenoxy) is 2. The molecular weight excluding hydrogens is 323 g/mol. The third-order valence-corrected chi connectivity index (χ3v) is 4.18. The Morgan fingerprint density at radius 1 is 1.20 bits per heavy atom. The van der Waals surface area contributed by atoms with E-state index in [1.54, 1.807) is 6.07 Å². The predicted octanol–water partition coefficient (Wildman–Crippen LogP) is 2.60. The maximum absolute atomic E-state index is 13.7. The molecular formula is C19H21FN2O3. The van der Waals surface area contributed by atoms with Crippen molar-refractivity contribution in [3.8, 4) is 5.75 Å². The number of benzene rings is 2. The summed E-state index contributed by atoms with van der Waals surface area (Å²) in [4.78, 5) is 14.4. The molecule has 1 saturated heterocycles. The molecule has 1 aliphatic heterocycles. The molecule has 1 heterocycles. The molecule has 132 valence electrons. The number of amides is 1. The van der Waals surface area contributed by atoms with Crippen molar-refractivity contribution in [3.05, 3.63) is 59.4 Å². The fourth-order valence-corrected chi connectivity index (χ4v) is 2.74. The summed E-state index contributed by atoms with van der Waals surface area (Å²) in [5, 5.41) is 2.80. The third-order valence-electron chi connectivity index (χ3n) is 4.18. The standard InChI is InChI=1S/C19H21FN2O3/c1-24-18-7-4-15(12-17(18)20)19(23)21-13-14-2-5-16(6-3-14)22-8-10-25-11-9-22/h2-7,12H,8-11,13H2,1H3,(H,21,23). The van der Waals surface area contributed by atoms with Gasteiger partial charge < -0.3 is 19.7 Å². The normalized spacial score (nSPS) is 14.2. The van der Waals surface area contributed by atoms with Gasteiger partial charge in [0.2, 0.25) is 0 Å². The molecule has 1 amide bonds. The molecule has 1 N–H and O–H groups in total. The first-order valence-corrected chi connectivity index (χ1v) is 8.21. The SMILES string of the molecule is COc1ccc(C(=O)NCc2ccc(N3CCOCC3)cc2)cc1F. The zero-order valence-electron chi connectivity index (χ0n) is 14.1. The van der Waals surface area contributed by atoms with Gasteiger partial charge in [0.1, 0.15) is 0 Å². The first kappa shape index (κ1) is 17.2. The number of halogens is 1. The van der Waals surface area contributed by atoms with Crippen molar-refractivity contribution >= 4 is 11.6 Å². The van der Waals surface area contributed by atoms with E-state index < -0.39 is 5.82 Å². The monoisotopic (exact) mass is 344 g/mol. The lowest BCUT2D eigenvalue weighted by Gasteiger charge is -2.28. The molecule has 0 aliphatic carbocycles. The topological polar surface area (TPSA) is 50.8 Å². The van der Waals surface area contributed by atoms with Gasteiger partial charge in [-0.1, -0.05) is 12.1 Å². The Balaban J connectivity index is 1.57. The number of rotatable bonds is 5. The lowest BCUT2D eigenvalue weighted by molar-refractivity contribution is 0.0950. The van der Waals surface area contributed by atoms with Gasteiger partial charge >= 0.3 is 0 Å². The van der Waals surface area contributed by atoms with Crippen molar-refractivity contribution in [2.75, 3.05) is 38.3 Å². The molecule has 0 atom stereocenters. The summed E-state index contributed by atoms with van der Waals surface area (Å²) in [7, 11) is 1.39. The van der Waals surface area contributed by atoms with Gasteiger partial charge in [-0.25, -0.2) is 4.39 Å². The van der Waals surface area contributed by atoms with Crippen LogP contribution in [0.4, 0.5) is 10.1 Å². The zero-order chi connectivity index (χ0) is 17.6. The van der Waals surface area contributed by atoms with Crippen LogP contribution in [0.25, 0.3) is 0 Å². The van der Waals surface area contributed by atoms with Gasteiger partial charge in [-0.3, -0.25) is 4.79 Å². The van der Waals surface area contributed by atoms with E-state index in [4.69, 9.17) is 9.47 Å². The van der Waals surface area contributed by atoms with E-state index in [0.29, 0.717) is 6.54 Å². The Morgan fingerprint density at radius 2 is 1.92 bits per heavy atom. The minimum atomic E-state index is -0.551. The highest BCUT2D eigenvalue weighted by molar-refractivity contribution is 5.94. The summed E-state index contributed by atoms with van der Waals surface area (Å²) in [5.74, 6) is -0.751. The number of carbonyl (C=O) groups is 1. The third kappa shape index (κ3) is 4.28. The highest BCUT2D eigenvalue weighted by atomic mass is 19.1. The van der Waals surface area contributed by atoms with Crippen LogP contribution in [-0.2, 0) is 11.3 Å². The Morgan fingerprint density at radius 3 is 2.56 bits per heavy atom. The average Bonchev–Trinajstić information content (AvgIpc) is 2.67. The Labute approximate surface area is 146 Å². The minimum Gasteiger partial charge on any atom is -0.494 e. The molecule has 25 heavy (non-hydrogen) atoms. The van der Waals surface area contributed by atoms with E-state index in [2.05, 4.69) is 10.2 Å². The zero-order valence-corrected chi connectivity index (χ0v) is 14.1. The molecule has 6 heteroatoms. The van der Waals surface area contributed by atoms with Gasteiger partial charge in [-0.2, -0.15) is 0 Å². The summed E-state index contributed by atoms with van der Waals surface area (Å²) in [6, 6.07) is 12.2. The van der Waals surface area contributed by atoms with Crippen LogP contribution in [0, 0.1) is 5.82 Å². The van der Waals surface area contributed by atoms with E-state index in [-0.39, 0.29) is 17.2 Å². The first-order chi connectivity index (χ1) is 12.2. The van der Waals surface area contributed by atoms with E-state index in [9.17, 15) is 9.18 Å². The van der Waals surface area contributed by atoms with Crippen LogP contribution in [0.5, 0.6) is 5.75 Å². The average molecular weight is 344 g/mol. The van der Waals surface area contributed by atoms with Crippen molar-refractivity contribution < 1.29 is 18.7 Å². The van der Waals surface area contributed by atoms with Gasteiger partial charge in [-0.15, -0.1) is 0 Å². The fraction of sp³-hybridized carbons (Fsp3) is 0.316. The molecule has 0 bridgehead atoms. The van der Waals surface area contributed by atoms with Gasteiger partial charge in [0.25, 0.3) is 5.91 Å². The maximum atomic E-state index is 13.7. The number of methoxy groups -OCH3 is 1. The van der Waals surface area contributed by atoms with Gasteiger partial charge in [0, 0.05) is 30.9 Å². The summed E-state index contributed by atoms with van der Waals surface area (Å²) >= 11 is 0. The lowest BCUT2D eigenvalue weighted by Crippen LogP contribution is -2.36. The largest absolute Gasteiger partial charge is 0.494 e. The van der Waals surface area contributed by atoms with Crippen molar-refractivity contribution in [1.82, 2.24) is 5.32 Å². The molecule has 1 fully saturated rings. The first-order valence-electron chi connectivity index (χ1n) is 8.21. The van der Waals surface area contributed by atoms with E-state index >= 15 is 0 Å². The number of hydrogen-bond donors (Lipinski definition) is 1. The van der Waals surface area contributed by atoms with Gasteiger partial charge in [0.05, 0.1) is 20.3 Å². The molecule has 0 unspecified atom stereocenters. The van der Waals surface area contributed by atoms with Crippen molar-refractivity contribution in [2.45, 2.75) is 6.54 Å². The smallest absolute Gasteiger partial charge is 0.251 e. The summed E-state index contributed by atoms with van der Waals surface area (Å²) in [6.45, 7) is 3.65. The molecule has 2 aromatic carbocycles. The second kappa shape index (κ2) is 7.98. The highest BCUT2D eigenvalue weighted by Gasteiger charge is 2.12. The Hall–Kier alpha value is -2.60. The number of nitrogens with one attached hydrogen (secondary N) is 1. The molecule has 5 nitrogen and oxygen atoms in total. The van der Waals surface area contributed by atoms with Crippen molar-refractivity contribution in [1.29, 1.82) is 0 Å². The molecule has 0 saturated carbocycles. The Kier molecular flexibility index (Phi) is 5.50. The lowest BCUT2D eigenvalue weighted by atomic mass is 10.1. The predicted molar refractivity (Wildman–Crippen MR) is 93.6 cm³/mol. The molecule has 3 rings (SSSR count). The minimum absolute atomic E-state index is 0.121.